The number of quaternary nitrogens is 1. The van der Waals surface area contributed by atoms with Crippen molar-refractivity contribution in [2.24, 2.45) is 0 Å². The van der Waals surface area contributed by atoms with Crippen molar-refractivity contribution in [1.29, 1.82) is 5.26 Å². The second-order valence-electron chi connectivity index (χ2n) is 3.90. The van der Waals surface area contributed by atoms with E-state index in [0.29, 0.717) is 5.56 Å². The molecule has 2 N–H and O–H groups in total. The first-order chi connectivity index (χ1) is 8.07. The number of nitrogens with zero attached hydrogens (tertiary/aromatic N) is 2. The fraction of sp³-hybridized carbons (Fsp3) is 0.333. The van der Waals surface area contributed by atoms with Crippen molar-refractivity contribution in [2.75, 3.05) is 14.1 Å². The van der Waals surface area contributed by atoms with Crippen molar-refractivity contribution in [3.8, 4) is 6.19 Å². The second-order valence-corrected chi connectivity index (χ2v) is 4.41. The highest BCUT2D eigenvalue weighted by Crippen LogP contribution is 2.06. The first-order valence-corrected chi connectivity index (χ1v) is 5.69. The molecule has 1 aromatic carbocycles. The van der Waals surface area contributed by atoms with Gasteiger partial charge in [-0.15, -0.1) is 5.26 Å². The molecule has 0 bridgehead atoms. The van der Waals surface area contributed by atoms with Gasteiger partial charge in [-0.1, -0.05) is 30.3 Å². The molecule has 1 aromatic rings. The molecule has 0 aliphatic heterocycles. The van der Waals surface area contributed by atoms with Crippen LogP contribution in [0.4, 0.5) is 0 Å². The average molecular weight is 249 g/mol. The molecule has 0 radical (unpaired) electrons. The molecular formula is C12H15N3OS. The predicted molar refractivity (Wildman–Crippen MR) is 66.9 cm³/mol. The number of carbonyl (C=O) groups excluding carboxylic acids is 1. The standard InChI is InChI=1S/C12H15N3OS/c1-15(2)12(14-8-13)11(17)10(16)9-6-4-3-5-7-9/h3-7,11-12,14,17H,1-2H3. The summed E-state index contributed by atoms with van der Waals surface area (Å²) >= 11 is 5.23. The van der Waals surface area contributed by atoms with E-state index < -0.39 is 5.25 Å². The molecule has 0 saturated carbocycles. The fourth-order valence-corrected chi connectivity index (χ4v) is 1.96. The highest BCUT2D eigenvalue weighted by atomic mass is 32.1. The quantitative estimate of drug-likeness (QED) is 0.337. The predicted octanol–water partition coefficient (Wildman–Crippen LogP) is -0.283. The third-order valence-electron chi connectivity index (χ3n) is 2.47. The van der Waals surface area contributed by atoms with E-state index >= 15 is 0 Å². The number of benzene rings is 1. The Labute approximate surface area is 107 Å². The minimum Gasteiger partial charge on any atom is -0.774 e. The molecule has 2 unspecified atom stereocenters. The molecule has 0 aromatic heterocycles. The van der Waals surface area contributed by atoms with Gasteiger partial charge in [-0.3, -0.25) is 9.69 Å². The monoisotopic (exact) mass is 249 g/mol. The van der Waals surface area contributed by atoms with Crippen LogP contribution in [-0.4, -0.2) is 36.2 Å². The summed E-state index contributed by atoms with van der Waals surface area (Å²) in [5.41, 5.74) is 0.589. The maximum atomic E-state index is 12.1. The SMILES string of the molecule is CN(C)C([NH2+]C#N)C([S-])C(=O)c1ccccc1. The normalized spacial score (nSPS) is 14.1. The largest absolute Gasteiger partial charge is 0.774 e. The Bertz CT molecular complexity index is 414. The van der Waals surface area contributed by atoms with Crippen LogP contribution in [0.1, 0.15) is 10.4 Å². The van der Waals surface area contributed by atoms with Crippen LogP contribution in [-0.2, 0) is 12.6 Å². The van der Waals surface area contributed by atoms with Gasteiger partial charge in [0.25, 0.3) is 0 Å². The van der Waals surface area contributed by atoms with Crippen LogP contribution in [0.25, 0.3) is 0 Å². The number of hydrogen-bond donors (Lipinski definition) is 1. The Morgan fingerprint density at radius 2 is 2.00 bits per heavy atom. The molecule has 90 valence electrons. The minimum atomic E-state index is -0.646. The summed E-state index contributed by atoms with van der Waals surface area (Å²) in [7, 11) is 3.60. The number of ketones is 1. The Balaban J connectivity index is 2.85. The van der Waals surface area contributed by atoms with Crippen molar-refractivity contribution >= 4 is 18.4 Å². The van der Waals surface area contributed by atoms with Crippen molar-refractivity contribution in [3.05, 3.63) is 35.9 Å². The van der Waals surface area contributed by atoms with Gasteiger partial charge in [-0.25, -0.2) is 5.32 Å². The summed E-state index contributed by atoms with van der Waals surface area (Å²) in [6.45, 7) is 0. The van der Waals surface area contributed by atoms with Gasteiger partial charge in [0.2, 0.25) is 0 Å². The number of rotatable bonds is 5. The lowest BCUT2D eigenvalue weighted by Crippen LogP contribution is -2.91. The molecule has 0 amide bonds. The van der Waals surface area contributed by atoms with Crippen LogP contribution in [0, 0.1) is 11.5 Å². The van der Waals surface area contributed by atoms with E-state index in [2.05, 4.69) is 0 Å². The number of Topliss-reactive ketones (excluding diaryl/α,β-unsaturated/α-hetero) is 1. The van der Waals surface area contributed by atoms with Gasteiger partial charge >= 0.3 is 6.19 Å². The van der Waals surface area contributed by atoms with Crippen molar-refractivity contribution in [3.63, 3.8) is 0 Å². The number of nitrogens with two attached hydrogens (primary N) is 1. The van der Waals surface area contributed by atoms with Gasteiger partial charge in [-0.2, -0.15) is 0 Å². The average Bonchev–Trinajstić information content (AvgIpc) is 2.35. The van der Waals surface area contributed by atoms with Crippen LogP contribution in [0.5, 0.6) is 0 Å². The lowest BCUT2D eigenvalue weighted by atomic mass is 10.1. The second kappa shape index (κ2) is 6.40. The molecule has 1 rings (SSSR count). The van der Waals surface area contributed by atoms with Crippen LogP contribution < -0.4 is 5.32 Å². The Kier molecular flexibility index (Phi) is 5.16. The van der Waals surface area contributed by atoms with Gasteiger partial charge in [0.05, 0.1) is 0 Å². The van der Waals surface area contributed by atoms with E-state index in [-0.39, 0.29) is 11.9 Å². The third kappa shape index (κ3) is 3.56. The van der Waals surface area contributed by atoms with Crippen molar-refractivity contribution in [2.45, 2.75) is 11.4 Å². The van der Waals surface area contributed by atoms with Gasteiger partial charge in [0.15, 0.2) is 0 Å². The number of hydrogen-bond acceptors (Lipinski definition) is 4. The van der Waals surface area contributed by atoms with Gasteiger partial charge in [-0.05, 0) is 19.3 Å². The summed E-state index contributed by atoms with van der Waals surface area (Å²) < 4.78 is 0. The molecule has 0 saturated heterocycles. The molecule has 4 nitrogen and oxygen atoms in total. The summed E-state index contributed by atoms with van der Waals surface area (Å²) in [6, 6.07) is 8.92. The van der Waals surface area contributed by atoms with Gasteiger partial charge < -0.3 is 12.6 Å². The zero-order valence-electron chi connectivity index (χ0n) is 9.83. The summed E-state index contributed by atoms with van der Waals surface area (Å²) in [6.07, 6.45) is 1.61. The van der Waals surface area contributed by atoms with Crippen molar-refractivity contribution in [1.82, 2.24) is 4.90 Å². The maximum absolute atomic E-state index is 12.1. The highest BCUT2D eigenvalue weighted by molar-refractivity contribution is 7.60. The molecule has 0 spiro atoms. The minimum absolute atomic E-state index is 0.120. The van der Waals surface area contributed by atoms with Crippen LogP contribution >= 0.6 is 0 Å². The highest BCUT2D eigenvalue weighted by Gasteiger charge is 2.23. The van der Waals surface area contributed by atoms with Crippen molar-refractivity contribution < 1.29 is 10.1 Å². The van der Waals surface area contributed by atoms with E-state index in [9.17, 15) is 4.79 Å². The lowest BCUT2D eigenvalue weighted by Gasteiger charge is -2.31. The van der Waals surface area contributed by atoms with E-state index in [1.165, 1.54) is 5.32 Å². The van der Waals surface area contributed by atoms with Gasteiger partial charge in [0.1, 0.15) is 11.9 Å². The molecule has 0 aliphatic rings. The first kappa shape index (κ1) is 13.7. The summed E-state index contributed by atoms with van der Waals surface area (Å²) in [5, 5.41) is 9.45. The van der Waals surface area contributed by atoms with Crippen LogP contribution in [0.2, 0.25) is 0 Å². The molecule has 2 atom stereocenters. The molecule has 5 heteroatoms. The number of nitriles is 1. The Morgan fingerprint density at radius 1 is 1.41 bits per heavy atom. The number of carbonyl (C=O) groups is 1. The maximum Gasteiger partial charge on any atom is 0.306 e. The van der Waals surface area contributed by atoms with E-state index in [0.717, 1.165) is 0 Å². The Morgan fingerprint density at radius 3 is 2.47 bits per heavy atom. The van der Waals surface area contributed by atoms with Crippen LogP contribution in [0.3, 0.4) is 0 Å². The molecular weight excluding hydrogens is 234 g/mol. The topological polar surface area (TPSA) is 60.7 Å². The smallest absolute Gasteiger partial charge is 0.306 e. The lowest BCUT2D eigenvalue weighted by molar-refractivity contribution is -0.628. The van der Waals surface area contributed by atoms with E-state index in [1.807, 2.05) is 12.3 Å². The van der Waals surface area contributed by atoms with Crippen LogP contribution in [0.15, 0.2) is 30.3 Å². The Hall–Kier alpha value is -1.35. The van der Waals surface area contributed by atoms with E-state index in [4.69, 9.17) is 17.9 Å². The fourth-order valence-electron chi connectivity index (χ4n) is 1.51. The molecule has 0 heterocycles. The summed E-state index contributed by atoms with van der Waals surface area (Å²) in [5.74, 6) is -0.120. The zero-order valence-corrected chi connectivity index (χ0v) is 10.6. The molecule has 0 aliphatic carbocycles. The third-order valence-corrected chi connectivity index (χ3v) is 2.96. The first-order valence-electron chi connectivity index (χ1n) is 5.22. The zero-order chi connectivity index (χ0) is 12.8. The van der Waals surface area contributed by atoms with E-state index in [1.54, 1.807) is 43.3 Å². The van der Waals surface area contributed by atoms with Gasteiger partial charge in [0, 0.05) is 5.56 Å². The molecule has 0 fully saturated rings. The molecule has 17 heavy (non-hydrogen) atoms. The summed E-state index contributed by atoms with van der Waals surface area (Å²) in [4.78, 5) is 13.9.